The molecule has 1 unspecified atom stereocenters. The Morgan fingerprint density at radius 2 is 1.88 bits per heavy atom. The van der Waals surface area contributed by atoms with Crippen LogP contribution in [0.2, 0.25) is 0 Å². The topological polar surface area (TPSA) is 109 Å². The van der Waals surface area contributed by atoms with Crippen molar-refractivity contribution in [1.82, 2.24) is 5.32 Å². The Bertz CT molecular complexity index is 351. The predicted molar refractivity (Wildman–Crippen MR) is 62.8 cm³/mol. The van der Waals surface area contributed by atoms with Crippen LogP contribution < -0.4 is 11.1 Å². The molecule has 0 saturated carbocycles. The Kier molecular flexibility index (Phi) is 6.30. The van der Waals surface area contributed by atoms with Crippen molar-refractivity contribution in [1.29, 1.82) is 0 Å². The smallest absolute Gasteiger partial charge is 0.326 e. The molecule has 0 aromatic heterocycles. The second kappa shape index (κ2) is 6.68. The molecule has 17 heavy (non-hydrogen) atoms. The van der Waals surface area contributed by atoms with Crippen molar-refractivity contribution in [2.24, 2.45) is 5.73 Å². The molecule has 0 rings (SSSR count). The van der Waals surface area contributed by atoms with E-state index in [4.69, 9.17) is 45.6 Å². The van der Waals surface area contributed by atoms with Crippen LogP contribution in [0.1, 0.15) is 6.42 Å². The van der Waals surface area contributed by atoms with Crippen molar-refractivity contribution in [3.63, 3.8) is 0 Å². The average molecular weight is 304 g/mol. The van der Waals surface area contributed by atoms with Gasteiger partial charge in [0.05, 0.1) is 6.42 Å². The first kappa shape index (κ1) is 16.0. The molecule has 0 radical (unpaired) electrons. The van der Waals surface area contributed by atoms with Crippen LogP contribution in [0.5, 0.6) is 0 Å². The van der Waals surface area contributed by atoms with E-state index in [1.807, 2.05) is 0 Å². The molecule has 1 atom stereocenters. The molecule has 96 valence electrons. The van der Waals surface area contributed by atoms with E-state index in [0.717, 1.165) is 12.3 Å². The van der Waals surface area contributed by atoms with Crippen molar-refractivity contribution < 1.29 is 19.5 Å². The van der Waals surface area contributed by atoms with Crippen molar-refractivity contribution >= 4 is 52.5 Å². The van der Waals surface area contributed by atoms with Crippen molar-refractivity contribution in [2.75, 3.05) is 0 Å². The fourth-order valence-electron chi connectivity index (χ4n) is 0.753. The number of carboxylic acids is 1. The lowest BCUT2D eigenvalue weighted by atomic mass is 10.2. The number of nitrogens with one attached hydrogen (secondary N) is 1. The van der Waals surface area contributed by atoms with Crippen molar-refractivity contribution in [2.45, 2.75) is 16.3 Å². The number of nitrogens with two attached hydrogens (primary N) is 1. The Morgan fingerprint density at radius 3 is 2.24 bits per heavy atom. The highest BCUT2D eigenvalue weighted by molar-refractivity contribution is 6.77. The summed E-state index contributed by atoms with van der Waals surface area (Å²) in [7, 11) is 0. The van der Waals surface area contributed by atoms with E-state index in [2.05, 4.69) is 5.32 Å². The van der Waals surface area contributed by atoms with Crippen LogP contribution in [0, 0.1) is 0 Å². The maximum absolute atomic E-state index is 11.1. The van der Waals surface area contributed by atoms with Crippen LogP contribution in [0.3, 0.4) is 0 Å². The molecule has 0 saturated heterocycles. The van der Waals surface area contributed by atoms with Crippen LogP contribution in [0.15, 0.2) is 12.3 Å². The number of amides is 1. The molecule has 0 aliphatic rings. The molecule has 0 bridgehead atoms. The Hall–Kier alpha value is -0.980. The number of carboxylic acid groups (broad SMARTS) is 1. The molecule has 0 aliphatic carbocycles. The summed E-state index contributed by atoms with van der Waals surface area (Å²) < 4.78 is -2.11. The van der Waals surface area contributed by atoms with Gasteiger partial charge in [-0.25, -0.2) is 4.79 Å². The minimum Gasteiger partial charge on any atom is -0.480 e. The number of rotatable bonds is 6. The summed E-state index contributed by atoms with van der Waals surface area (Å²) in [5, 5.41) is 11.0. The first-order valence-electron chi connectivity index (χ1n) is 4.19. The first-order chi connectivity index (χ1) is 7.64. The molecule has 0 aromatic rings. The van der Waals surface area contributed by atoms with Gasteiger partial charge in [-0.2, -0.15) is 0 Å². The second-order valence-electron chi connectivity index (χ2n) is 2.92. The number of hydrogen-bond acceptors (Lipinski definition) is 4. The monoisotopic (exact) mass is 302 g/mol. The summed E-state index contributed by atoms with van der Waals surface area (Å²) in [6, 6.07) is -1.24. The SMILES string of the molecule is NC(=O)CC(N/C=C/C(=O)C(Cl)(Cl)Cl)C(=O)O. The van der Waals surface area contributed by atoms with Gasteiger partial charge >= 0.3 is 5.97 Å². The fraction of sp³-hybridized carbons (Fsp3) is 0.375. The number of carbonyl (C=O) groups is 3. The number of halogens is 3. The molecule has 4 N–H and O–H groups in total. The highest BCUT2D eigenvalue weighted by Gasteiger charge is 2.28. The molecular weight excluding hydrogens is 294 g/mol. The van der Waals surface area contributed by atoms with E-state index in [1.54, 1.807) is 0 Å². The maximum atomic E-state index is 11.1. The zero-order valence-electron chi connectivity index (χ0n) is 8.32. The summed E-state index contributed by atoms with van der Waals surface area (Å²) in [6.07, 6.45) is 1.40. The summed E-state index contributed by atoms with van der Waals surface area (Å²) in [5.41, 5.74) is 4.84. The highest BCUT2D eigenvalue weighted by atomic mass is 35.6. The average Bonchev–Trinajstić information content (AvgIpc) is 2.13. The highest BCUT2D eigenvalue weighted by Crippen LogP contribution is 2.27. The lowest BCUT2D eigenvalue weighted by Crippen LogP contribution is -2.37. The zero-order valence-corrected chi connectivity index (χ0v) is 10.6. The van der Waals surface area contributed by atoms with Gasteiger partial charge in [0.15, 0.2) is 0 Å². The Morgan fingerprint density at radius 1 is 1.35 bits per heavy atom. The standard InChI is InChI=1S/C8H9Cl3N2O4/c9-8(10,11)5(14)1-2-13-4(7(16)17)3-6(12)15/h1-2,4,13H,3H2,(H2,12,15)(H,16,17)/b2-1+. The third-order valence-corrected chi connectivity index (χ3v) is 2.07. The molecule has 0 aromatic carbocycles. The number of primary amides is 1. The van der Waals surface area contributed by atoms with E-state index >= 15 is 0 Å². The largest absolute Gasteiger partial charge is 0.480 e. The molecular formula is C8H9Cl3N2O4. The minimum atomic E-state index is -2.11. The van der Waals surface area contributed by atoms with Gasteiger partial charge < -0.3 is 16.2 Å². The van der Waals surface area contributed by atoms with Crippen LogP contribution in [-0.4, -0.2) is 32.6 Å². The fourth-order valence-corrected chi connectivity index (χ4v) is 0.942. The van der Waals surface area contributed by atoms with Gasteiger partial charge in [-0.15, -0.1) is 0 Å². The van der Waals surface area contributed by atoms with E-state index in [-0.39, 0.29) is 0 Å². The van der Waals surface area contributed by atoms with Crippen LogP contribution >= 0.6 is 34.8 Å². The number of alkyl halides is 3. The summed E-state index contributed by atoms with van der Waals surface area (Å²) in [6.45, 7) is 0. The Balaban J connectivity index is 4.41. The number of carbonyl (C=O) groups excluding carboxylic acids is 2. The molecule has 6 nitrogen and oxygen atoms in total. The molecule has 0 spiro atoms. The quantitative estimate of drug-likeness (QED) is 0.485. The van der Waals surface area contributed by atoms with E-state index < -0.39 is 33.9 Å². The van der Waals surface area contributed by atoms with E-state index in [1.165, 1.54) is 0 Å². The van der Waals surface area contributed by atoms with Crippen molar-refractivity contribution in [3.05, 3.63) is 12.3 Å². The molecule has 0 aliphatic heterocycles. The summed E-state index contributed by atoms with van der Waals surface area (Å²) >= 11 is 15.8. The predicted octanol–water partition coefficient (Wildman–Crippen LogP) is 0.358. The van der Waals surface area contributed by atoms with Gasteiger partial charge in [-0.1, -0.05) is 34.8 Å². The van der Waals surface area contributed by atoms with E-state index in [0.29, 0.717) is 0 Å². The first-order valence-corrected chi connectivity index (χ1v) is 5.33. The van der Waals surface area contributed by atoms with Gasteiger partial charge in [0.25, 0.3) is 3.79 Å². The third kappa shape index (κ3) is 7.04. The number of hydrogen-bond donors (Lipinski definition) is 3. The molecule has 0 heterocycles. The van der Waals surface area contributed by atoms with Gasteiger partial charge in [0, 0.05) is 12.3 Å². The molecule has 0 fully saturated rings. The lowest BCUT2D eigenvalue weighted by molar-refractivity contribution is -0.140. The normalized spacial score (nSPS) is 13.4. The number of allylic oxidation sites excluding steroid dienone is 1. The number of aliphatic carboxylic acids is 1. The van der Waals surface area contributed by atoms with Crippen molar-refractivity contribution in [3.8, 4) is 0 Å². The van der Waals surface area contributed by atoms with Gasteiger partial charge in [-0.05, 0) is 0 Å². The summed E-state index contributed by atoms with van der Waals surface area (Å²) in [4.78, 5) is 32.3. The van der Waals surface area contributed by atoms with Crippen LogP contribution in [0.4, 0.5) is 0 Å². The van der Waals surface area contributed by atoms with Gasteiger partial charge in [-0.3, -0.25) is 9.59 Å². The molecule has 9 heteroatoms. The molecule has 1 amide bonds. The van der Waals surface area contributed by atoms with Crippen LogP contribution in [-0.2, 0) is 14.4 Å². The Labute approximate surface area is 112 Å². The zero-order chi connectivity index (χ0) is 13.6. The van der Waals surface area contributed by atoms with Gasteiger partial charge in [0.1, 0.15) is 6.04 Å². The lowest BCUT2D eigenvalue weighted by Gasteiger charge is -2.10. The minimum absolute atomic E-state index is 0.429. The number of ketones is 1. The van der Waals surface area contributed by atoms with Gasteiger partial charge in [0.2, 0.25) is 11.7 Å². The van der Waals surface area contributed by atoms with E-state index in [9.17, 15) is 14.4 Å². The maximum Gasteiger partial charge on any atom is 0.326 e. The third-order valence-electron chi connectivity index (χ3n) is 1.51. The summed E-state index contributed by atoms with van der Waals surface area (Å²) in [5.74, 6) is -2.95. The second-order valence-corrected chi connectivity index (χ2v) is 5.20. The van der Waals surface area contributed by atoms with Crippen LogP contribution in [0.25, 0.3) is 0 Å².